The van der Waals surface area contributed by atoms with Crippen LogP contribution in [-0.2, 0) is 15.5 Å². The molecule has 0 saturated carbocycles. The molecule has 5 heteroatoms. The molecule has 1 aliphatic rings. The standard InChI is InChI=1S/C13H23NO3S/c1-7-8-10-9-18(16)13(5,6)14(10)11(15)17-12(2,3)4/h7-8,10H,9H2,1-6H3/b8-7+. The Morgan fingerprint density at radius 3 is 2.44 bits per heavy atom. The van der Waals surface area contributed by atoms with Gasteiger partial charge in [-0.1, -0.05) is 12.2 Å². The van der Waals surface area contributed by atoms with Gasteiger partial charge in [0.2, 0.25) is 0 Å². The van der Waals surface area contributed by atoms with Crippen LogP contribution in [-0.4, -0.2) is 37.5 Å². The van der Waals surface area contributed by atoms with Crippen molar-refractivity contribution >= 4 is 16.9 Å². The van der Waals surface area contributed by atoms with E-state index in [-0.39, 0.29) is 6.04 Å². The molecule has 0 aliphatic carbocycles. The zero-order valence-corrected chi connectivity index (χ0v) is 12.8. The molecule has 18 heavy (non-hydrogen) atoms. The quantitative estimate of drug-likeness (QED) is 0.690. The third-order valence-electron chi connectivity index (χ3n) is 2.80. The van der Waals surface area contributed by atoms with Crippen LogP contribution in [0.1, 0.15) is 41.5 Å². The lowest BCUT2D eigenvalue weighted by atomic mass is 10.2. The normalized spacial score (nSPS) is 27.8. The Hall–Kier alpha value is -0.840. The summed E-state index contributed by atoms with van der Waals surface area (Å²) in [6.45, 7) is 11.0. The topological polar surface area (TPSA) is 46.6 Å². The number of carbonyl (C=O) groups is 1. The summed E-state index contributed by atoms with van der Waals surface area (Å²) in [5, 5.41) is 0. The van der Waals surface area contributed by atoms with Crippen molar-refractivity contribution in [3.63, 3.8) is 0 Å². The largest absolute Gasteiger partial charge is 0.444 e. The second-order valence-electron chi connectivity index (χ2n) is 5.90. The van der Waals surface area contributed by atoms with Crippen molar-refractivity contribution in [3.8, 4) is 0 Å². The van der Waals surface area contributed by atoms with Gasteiger partial charge in [0.05, 0.1) is 11.8 Å². The molecule has 0 N–H and O–H groups in total. The van der Waals surface area contributed by atoms with E-state index in [0.717, 1.165) is 0 Å². The van der Waals surface area contributed by atoms with Crippen LogP contribution in [0, 0.1) is 0 Å². The lowest BCUT2D eigenvalue weighted by molar-refractivity contribution is 0.0135. The zero-order valence-electron chi connectivity index (χ0n) is 12.0. The van der Waals surface area contributed by atoms with E-state index in [1.807, 2.05) is 53.7 Å². The fourth-order valence-corrected chi connectivity index (χ4v) is 3.38. The Kier molecular flexibility index (Phi) is 4.26. The minimum atomic E-state index is -1.07. The molecule has 1 rings (SSSR count). The number of carbonyl (C=O) groups excluding carboxylic acids is 1. The number of amides is 1. The minimum absolute atomic E-state index is 0.152. The Labute approximate surface area is 112 Å². The van der Waals surface area contributed by atoms with Crippen molar-refractivity contribution in [2.75, 3.05) is 5.75 Å². The van der Waals surface area contributed by atoms with E-state index >= 15 is 0 Å². The van der Waals surface area contributed by atoms with E-state index in [9.17, 15) is 9.00 Å². The smallest absolute Gasteiger partial charge is 0.412 e. The number of allylic oxidation sites excluding steroid dienone is 1. The van der Waals surface area contributed by atoms with Crippen molar-refractivity contribution in [3.05, 3.63) is 12.2 Å². The molecule has 0 aromatic rings. The Bertz CT molecular complexity index is 382. The van der Waals surface area contributed by atoms with Crippen molar-refractivity contribution < 1.29 is 13.7 Å². The van der Waals surface area contributed by atoms with Crippen LogP contribution in [0.3, 0.4) is 0 Å². The van der Waals surface area contributed by atoms with Gasteiger partial charge in [-0.3, -0.25) is 9.11 Å². The van der Waals surface area contributed by atoms with E-state index in [1.54, 1.807) is 4.90 Å². The number of nitrogens with zero attached hydrogens (tertiary/aromatic N) is 1. The average Bonchev–Trinajstić information content (AvgIpc) is 2.34. The first kappa shape index (κ1) is 15.2. The molecule has 0 radical (unpaired) electrons. The van der Waals surface area contributed by atoms with E-state index in [1.165, 1.54) is 0 Å². The highest BCUT2D eigenvalue weighted by Crippen LogP contribution is 2.32. The maximum atomic E-state index is 12.2. The van der Waals surface area contributed by atoms with Gasteiger partial charge in [0.15, 0.2) is 0 Å². The minimum Gasteiger partial charge on any atom is -0.444 e. The van der Waals surface area contributed by atoms with E-state index in [0.29, 0.717) is 5.75 Å². The molecule has 1 amide bonds. The van der Waals surface area contributed by atoms with Crippen LogP contribution < -0.4 is 0 Å². The number of ether oxygens (including phenoxy) is 1. The predicted octanol–water partition coefficient (Wildman–Crippen LogP) is 2.67. The van der Waals surface area contributed by atoms with Crippen molar-refractivity contribution in [2.24, 2.45) is 0 Å². The van der Waals surface area contributed by atoms with Gasteiger partial charge in [0, 0.05) is 10.8 Å². The molecule has 0 bridgehead atoms. The van der Waals surface area contributed by atoms with Gasteiger partial charge in [-0.15, -0.1) is 0 Å². The summed E-state index contributed by atoms with van der Waals surface area (Å²) < 4.78 is 17.5. The molecule has 104 valence electrons. The SMILES string of the molecule is C/C=C/C1CS(=O)C(C)(C)N1C(=O)OC(C)(C)C. The van der Waals surface area contributed by atoms with Crippen LogP contribution >= 0.6 is 0 Å². The van der Waals surface area contributed by atoms with E-state index in [4.69, 9.17) is 4.74 Å². The maximum absolute atomic E-state index is 12.2. The molecular weight excluding hydrogens is 250 g/mol. The molecule has 1 fully saturated rings. The second kappa shape index (κ2) is 5.03. The fraction of sp³-hybridized carbons (Fsp3) is 0.769. The third kappa shape index (κ3) is 3.13. The van der Waals surface area contributed by atoms with Crippen LogP contribution in [0.2, 0.25) is 0 Å². The molecule has 1 heterocycles. The van der Waals surface area contributed by atoms with Gasteiger partial charge in [-0.05, 0) is 41.5 Å². The van der Waals surface area contributed by atoms with Crippen molar-refractivity contribution in [1.82, 2.24) is 4.90 Å². The predicted molar refractivity (Wildman–Crippen MR) is 73.8 cm³/mol. The summed E-state index contributed by atoms with van der Waals surface area (Å²) in [5.41, 5.74) is -0.544. The summed E-state index contributed by atoms with van der Waals surface area (Å²) >= 11 is 0. The first-order chi connectivity index (χ1) is 8.09. The molecule has 0 aromatic carbocycles. The molecule has 4 nitrogen and oxygen atoms in total. The van der Waals surface area contributed by atoms with Crippen molar-refractivity contribution in [2.45, 2.75) is 58.1 Å². The van der Waals surface area contributed by atoms with Gasteiger partial charge in [-0.25, -0.2) is 4.79 Å². The van der Waals surface area contributed by atoms with Crippen LogP contribution in [0.5, 0.6) is 0 Å². The van der Waals surface area contributed by atoms with Crippen molar-refractivity contribution in [1.29, 1.82) is 0 Å². The molecule has 2 unspecified atom stereocenters. The van der Waals surface area contributed by atoms with Gasteiger partial charge >= 0.3 is 6.09 Å². The van der Waals surface area contributed by atoms with Gasteiger partial charge in [0.1, 0.15) is 10.5 Å². The van der Waals surface area contributed by atoms with Gasteiger partial charge in [-0.2, -0.15) is 0 Å². The maximum Gasteiger partial charge on any atom is 0.412 e. The molecule has 0 aromatic heterocycles. The average molecular weight is 273 g/mol. The van der Waals surface area contributed by atoms with Gasteiger partial charge < -0.3 is 4.74 Å². The van der Waals surface area contributed by atoms with Crippen LogP contribution in [0.15, 0.2) is 12.2 Å². The summed E-state index contributed by atoms with van der Waals surface area (Å²) in [5.74, 6) is 0.469. The Morgan fingerprint density at radius 1 is 1.44 bits per heavy atom. The van der Waals surface area contributed by atoms with Crippen LogP contribution in [0.25, 0.3) is 0 Å². The number of hydrogen-bond donors (Lipinski definition) is 0. The molecule has 1 aliphatic heterocycles. The monoisotopic (exact) mass is 273 g/mol. The molecule has 0 spiro atoms. The zero-order chi connectivity index (χ0) is 14.1. The number of rotatable bonds is 1. The van der Waals surface area contributed by atoms with E-state index < -0.39 is 27.4 Å². The molecule has 2 atom stereocenters. The summed E-state index contributed by atoms with van der Waals surface area (Å²) in [6.07, 6.45) is 3.37. The van der Waals surface area contributed by atoms with E-state index in [2.05, 4.69) is 0 Å². The molecular formula is C13H23NO3S. The fourth-order valence-electron chi connectivity index (χ4n) is 1.97. The van der Waals surface area contributed by atoms with Crippen LogP contribution in [0.4, 0.5) is 4.79 Å². The summed E-state index contributed by atoms with van der Waals surface area (Å²) in [4.78, 5) is 13.1. The summed E-state index contributed by atoms with van der Waals surface area (Å²) in [6, 6.07) is -0.152. The Balaban J connectivity index is 3.00. The Morgan fingerprint density at radius 2 is 2.00 bits per heavy atom. The first-order valence-corrected chi connectivity index (χ1v) is 7.45. The highest BCUT2D eigenvalue weighted by atomic mass is 32.2. The second-order valence-corrected chi connectivity index (χ2v) is 7.93. The summed E-state index contributed by atoms with van der Waals surface area (Å²) in [7, 11) is -1.07. The number of hydrogen-bond acceptors (Lipinski definition) is 3. The lowest BCUT2D eigenvalue weighted by Gasteiger charge is -2.34. The van der Waals surface area contributed by atoms with Gasteiger partial charge in [0.25, 0.3) is 0 Å². The lowest BCUT2D eigenvalue weighted by Crippen LogP contribution is -2.49. The highest BCUT2D eigenvalue weighted by Gasteiger charge is 2.48. The highest BCUT2D eigenvalue weighted by molar-refractivity contribution is 7.86. The third-order valence-corrected chi connectivity index (χ3v) is 4.75. The first-order valence-electron chi connectivity index (χ1n) is 6.13. The molecule has 1 saturated heterocycles.